The number of benzene rings is 2. The molecule has 3 atom stereocenters. The number of likely N-dealkylation sites (tertiary alicyclic amines) is 1. The van der Waals surface area contributed by atoms with Crippen molar-refractivity contribution >= 4 is 23.9 Å². The molecule has 45 heavy (non-hydrogen) atoms. The van der Waals surface area contributed by atoms with E-state index in [4.69, 9.17) is 4.74 Å². The smallest absolute Gasteiger partial charge is 0.410 e. The molecule has 0 spiro atoms. The van der Waals surface area contributed by atoms with Crippen LogP contribution in [0.1, 0.15) is 69.7 Å². The number of nitrogens with zero attached hydrogens (tertiary/aromatic N) is 3. The molecule has 2 aliphatic heterocycles. The Kier molecular flexibility index (Phi) is 10.7. The molecule has 4 rings (SSSR count). The lowest BCUT2D eigenvalue weighted by Gasteiger charge is -2.35. The molecule has 12 heteroatoms. The van der Waals surface area contributed by atoms with Gasteiger partial charge in [-0.05, 0) is 49.4 Å². The molecule has 0 aromatic heterocycles. The van der Waals surface area contributed by atoms with Gasteiger partial charge in [0.2, 0.25) is 11.8 Å². The lowest BCUT2D eigenvalue weighted by molar-refractivity contribution is -0.137. The molecular formula is C33H43F2N5O5. The molecule has 2 fully saturated rings. The van der Waals surface area contributed by atoms with E-state index in [2.05, 4.69) is 10.6 Å². The zero-order chi connectivity index (χ0) is 32.9. The summed E-state index contributed by atoms with van der Waals surface area (Å²) in [4.78, 5) is 56.0. The number of halogens is 2. The van der Waals surface area contributed by atoms with Crippen LogP contribution < -0.4 is 10.6 Å². The first-order chi connectivity index (χ1) is 21.2. The summed E-state index contributed by atoms with van der Waals surface area (Å²) in [6.45, 7) is 9.46. The minimum atomic E-state index is -1.42. The van der Waals surface area contributed by atoms with Crippen molar-refractivity contribution in [2.45, 2.75) is 70.8 Å². The summed E-state index contributed by atoms with van der Waals surface area (Å²) in [5, 5.41) is 5.48. The van der Waals surface area contributed by atoms with Gasteiger partial charge in [-0.2, -0.15) is 0 Å². The molecule has 2 saturated heterocycles. The van der Waals surface area contributed by atoms with Crippen LogP contribution in [0.4, 0.5) is 18.4 Å². The third-order valence-electron chi connectivity index (χ3n) is 7.88. The van der Waals surface area contributed by atoms with Crippen molar-refractivity contribution in [3.63, 3.8) is 0 Å². The largest absolute Gasteiger partial charge is 0.444 e. The van der Waals surface area contributed by atoms with E-state index in [1.54, 1.807) is 57.2 Å². The SMILES string of the molecule is CC(C)c1ccc(C(NC(=O)C2CC(F)CN2C(=O)CNC(=O)N2CCN(C(=O)OC(C)(C)C)CC2)c2ccccc2)cc1F. The third kappa shape index (κ3) is 8.70. The topological polar surface area (TPSA) is 111 Å². The highest BCUT2D eigenvalue weighted by atomic mass is 19.1. The maximum absolute atomic E-state index is 15.0. The van der Waals surface area contributed by atoms with Crippen LogP contribution in [-0.4, -0.2) is 95.7 Å². The Labute approximate surface area is 263 Å². The maximum Gasteiger partial charge on any atom is 0.410 e. The van der Waals surface area contributed by atoms with Crippen LogP contribution in [0, 0.1) is 5.82 Å². The van der Waals surface area contributed by atoms with Crippen LogP contribution in [0.15, 0.2) is 48.5 Å². The molecule has 2 heterocycles. The number of piperazine rings is 1. The van der Waals surface area contributed by atoms with Crippen molar-refractivity contribution < 1.29 is 32.7 Å². The van der Waals surface area contributed by atoms with Gasteiger partial charge in [0.1, 0.15) is 23.6 Å². The van der Waals surface area contributed by atoms with Gasteiger partial charge in [-0.25, -0.2) is 18.4 Å². The van der Waals surface area contributed by atoms with Gasteiger partial charge in [0.05, 0.1) is 19.1 Å². The number of nitrogens with one attached hydrogen (secondary N) is 2. The van der Waals surface area contributed by atoms with Crippen molar-refractivity contribution in [2.24, 2.45) is 0 Å². The van der Waals surface area contributed by atoms with Crippen molar-refractivity contribution in [3.05, 3.63) is 71.0 Å². The fourth-order valence-corrected chi connectivity index (χ4v) is 5.53. The monoisotopic (exact) mass is 627 g/mol. The Morgan fingerprint density at radius 1 is 0.956 bits per heavy atom. The molecule has 3 unspecified atom stereocenters. The zero-order valence-corrected chi connectivity index (χ0v) is 26.5. The average molecular weight is 628 g/mol. The average Bonchev–Trinajstić information content (AvgIpc) is 3.39. The lowest BCUT2D eigenvalue weighted by atomic mass is 9.94. The van der Waals surface area contributed by atoms with Crippen molar-refractivity contribution in [3.8, 4) is 0 Å². The maximum atomic E-state index is 15.0. The Hall–Kier alpha value is -4.22. The third-order valence-corrected chi connectivity index (χ3v) is 7.88. The van der Waals surface area contributed by atoms with Crippen molar-refractivity contribution in [1.82, 2.24) is 25.3 Å². The number of hydrogen-bond acceptors (Lipinski definition) is 5. The number of carbonyl (C=O) groups is 4. The van der Waals surface area contributed by atoms with Gasteiger partial charge in [0.15, 0.2) is 0 Å². The van der Waals surface area contributed by atoms with Gasteiger partial charge in [-0.15, -0.1) is 0 Å². The fraction of sp³-hybridized carbons (Fsp3) is 0.515. The van der Waals surface area contributed by atoms with E-state index in [1.165, 1.54) is 15.9 Å². The number of amides is 5. The highest BCUT2D eigenvalue weighted by molar-refractivity contribution is 5.91. The molecule has 244 valence electrons. The number of ether oxygens (including phenoxy) is 1. The Bertz CT molecular complexity index is 1380. The van der Waals surface area contributed by atoms with E-state index in [0.717, 1.165) is 4.90 Å². The van der Waals surface area contributed by atoms with Gasteiger partial charge < -0.3 is 30.1 Å². The first kappa shape index (κ1) is 33.7. The van der Waals surface area contributed by atoms with Gasteiger partial charge >= 0.3 is 12.1 Å². The van der Waals surface area contributed by atoms with E-state index in [-0.39, 0.29) is 50.9 Å². The van der Waals surface area contributed by atoms with Gasteiger partial charge in [0, 0.05) is 32.6 Å². The summed E-state index contributed by atoms with van der Waals surface area (Å²) in [5.74, 6) is -1.58. The van der Waals surface area contributed by atoms with Gasteiger partial charge in [-0.1, -0.05) is 56.3 Å². The Balaban J connectivity index is 1.38. The molecule has 2 aliphatic rings. The minimum Gasteiger partial charge on any atom is -0.444 e. The summed E-state index contributed by atoms with van der Waals surface area (Å²) >= 11 is 0. The predicted molar refractivity (Wildman–Crippen MR) is 165 cm³/mol. The molecule has 0 radical (unpaired) electrons. The predicted octanol–water partition coefficient (Wildman–Crippen LogP) is 4.36. The molecule has 2 aromatic rings. The molecular weight excluding hydrogens is 584 g/mol. The summed E-state index contributed by atoms with van der Waals surface area (Å²) in [6.07, 6.45) is -2.07. The zero-order valence-electron chi connectivity index (χ0n) is 26.5. The summed E-state index contributed by atoms with van der Waals surface area (Å²) < 4.78 is 35.0. The van der Waals surface area contributed by atoms with Crippen LogP contribution in [0.3, 0.4) is 0 Å². The second kappa shape index (κ2) is 14.3. The normalized spacial score (nSPS) is 19.3. The molecule has 0 aliphatic carbocycles. The second-order valence-electron chi connectivity index (χ2n) is 12.8. The van der Waals surface area contributed by atoms with E-state index in [9.17, 15) is 28.0 Å². The van der Waals surface area contributed by atoms with Crippen LogP contribution in [-0.2, 0) is 14.3 Å². The first-order valence-electron chi connectivity index (χ1n) is 15.3. The molecule has 2 N–H and O–H groups in total. The number of hydrogen-bond donors (Lipinski definition) is 2. The summed E-state index contributed by atoms with van der Waals surface area (Å²) in [5.41, 5.74) is 1.14. The second-order valence-corrected chi connectivity index (χ2v) is 12.8. The van der Waals surface area contributed by atoms with Gasteiger partial charge in [0.25, 0.3) is 0 Å². The van der Waals surface area contributed by atoms with E-state index in [0.29, 0.717) is 16.7 Å². The Morgan fingerprint density at radius 3 is 2.20 bits per heavy atom. The molecule has 0 bridgehead atoms. The molecule has 10 nitrogen and oxygen atoms in total. The fourth-order valence-electron chi connectivity index (χ4n) is 5.53. The number of alkyl halides is 1. The molecule has 0 saturated carbocycles. The number of carbonyl (C=O) groups excluding carboxylic acids is 4. The van der Waals surface area contributed by atoms with Crippen molar-refractivity contribution in [2.75, 3.05) is 39.3 Å². The van der Waals surface area contributed by atoms with E-state index >= 15 is 0 Å². The van der Waals surface area contributed by atoms with Crippen molar-refractivity contribution in [1.29, 1.82) is 0 Å². The minimum absolute atomic E-state index is 0.0225. The van der Waals surface area contributed by atoms with Crippen LogP contribution in [0.25, 0.3) is 0 Å². The number of rotatable bonds is 7. The summed E-state index contributed by atoms with van der Waals surface area (Å²) in [7, 11) is 0. The van der Waals surface area contributed by atoms with E-state index in [1.807, 2.05) is 19.9 Å². The van der Waals surface area contributed by atoms with Crippen LogP contribution in [0.5, 0.6) is 0 Å². The first-order valence-corrected chi connectivity index (χ1v) is 15.3. The van der Waals surface area contributed by atoms with Crippen LogP contribution in [0.2, 0.25) is 0 Å². The van der Waals surface area contributed by atoms with Gasteiger partial charge in [-0.3, -0.25) is 9.59 Å². The number of urea groups is 1. The summed E-state index contributed by atoms with van der Waals surface area (Å²) in [6, 6.07) is 11.5. The standard InChI is InChI=1S/C33H43F2N5O5/c1-21(2)25-12-11-23(17-26(25)35)29(22-9-7-6-8-10-22)37-30(42)27-18-24(34)20-40(27)28(41)19-36-31(43)38-13-15-39(16-14-38)32(44)45-33(3,4)5/h6-12,17,21,24,27,29H,13-16,18-20H2,1-5H3,(H,36,43)(H,37,42). The quantitative estimate of drug-likeness (QED) is 0.474. The lowest BCUT2D eigenvalue weighted by Crippen LogP contribution is -2.55. The molecule has 2 aromatic carbocycles. The van der Waals surface area contributed by atoms with E-state index < -0.39 is 54.3 Å². The highest BCUT2D eigenvalue weighted by Crippen LogP contribution is 2.28. The molecule has 5 amide bonds. The van der Waals surface area contributed by atoms with Crippen LogP contribution >= 0.6 is 0 Å². The highest BCUT2D eigenvalue weighted by Gasteiger charge is 2.40. The Morgan fingerprint density at radius 2 is 1.60 bits per heavy atom.